The van der Waals surface area contributed by atoms with Crippen LogP contribution in [0.1, 0.15) is 52.4 Å². The Labute approximate surface area is 114 Å². The molecular formula is C13H22N2O2S. The normalized spacial score (nSPS) is 11.6. The number of rotatable bonds is 9. The summed E-state index contributed by atoms with van der Waals surface area (Å²) in [4.78, 5) is 11.8. The lowest BCUT2D eigenvalue weighted by atomic mass is 10.1. The quantitative estimate of drug-likeness (QED) is 0.301. The molecule has 5 heteroatoms. The van der Waals surface area contributed by atoms with Gasteiger partial charge in [-0.1, -0.05) is 39.0 Å². The number of hydrogen-bond acceptors (Lipinski definition) is 5. The van der Waals surface area contributed by atoms with E-state index < -0.39 is 5.97 Å². The van der Waals surface area contributed by atoms with Crippen LogP contribution in [0.15, 0.2) is 10.6 Å². The van der Waals surface area contributed by atoms with Crippen LogP contribution in [0.4, 0.5) is 0 Å². The second-order valence-electron chi connectivity index (χ2n) is 4.11. The molecule has 2 N–H and O–H groups in total. The minimum absolute atomic E-state index is 0.198. The van der Waals surface area contributed by atoms with E-state index >= 15 is 0 Å². The SMILES string of the molecule is CCCCCCCCOC(=O)C(SC#N)=C(C)N. The van der Waals surface area contributed by atoms with Gasteiger partial charge in [-0.25, -0.2) is 4.79 Å². The van der Waals surface area contributed by atoms with Crippen LogP contribution in [0.25, 0.3) is 0 Å². The van der Waals surface area contributed by atoms with Gasteiger partial charge in [0.1, 0.15) is 10.3 Å². The second kappa shape index (κ2) is 11.0. The lowest BCUT2D eigenvalue weighted by molar-refractivity contribution is -0.138. The van der Waals surface area contributed by atoms with Crippen LogP contribution in [-0.2, 0) is 9.53 Å². The highest BCUT2D eigenvalue weighted by atomic mass is 32.2. The molecule has 0 aliphatic rings. The maximum Gasteiger partial charge on any atom is 0.347 e. The zero-order chi connectivity index (χ0) is 13.8. The highest BCUT2D eigenvalue weighted by Crippen LogP contribution is 2.18. The third kappa shape index (κ3) is 8.02. The minimum Gasteiger partial charge on any atom is -0.462 e. The molecule has 0 fully saturated rings. The molecule has 0 radical (unpaired) electrons. The summed E-state index contributed by atoms with van der Waals surface area (Å²) < 4.78 is 5.08. The number of carbonyl (C=O) groups is 1. The minimum atomic E-state index is -0.491. The number of ether oxygens (including phenoxy) is 1. The Morgan fingerprint density at radius 3 is 2.44 bits per heavy atom. The number of nitrogens with two attached hydrogens (primary N) is 1. The molecule has 0 heterocycles. The molecule has 0 aromatic carbocycles. The molecule has 0 atom stereocenters. The lowest BCUT2D eigenvalue weighted by Crippen LogP contribution is -2.11. The molecule has 0 saturated carbocycles. The number of thiocyanates is 1. The van der Waals surface area contributed by atoms with Crippen molar-refractivity contribution in [3.8, 4) is 5.40 Å². The molecule has 18 heavy (non-hydrogen) atoms. The van der Waals surface area contributed by atoms with E-state index in [9.17, 15) is 4.79 Å². The Bertz CT molecular complexity index is 317. The topological polar surface area (TPSA) is 76.1 Å². The molecule has 0 saturated heterocycles. The van der Waals surface area contributed by atoms with E-state index in [4.69, 9.17) is 15.7 Å². The molecule has 102 valence electrons. The van der Waals surface area contributed by atoms with Gasteiger partial charge in [-0.2, -0.15) is 5.26 Å². The van der Waals surface area contributed by atoms with Crippen molar-refractivity contribution < 1.29 is 9.53 Å². The number of carbonyl (C=O) groups excluding carboxylic acids is 1. The first-order valence-corrected chi connectivity index (χ1v) is 7.14. The lowest BCUT2D eigenvalue weighted by Gasteiger charge is -2.06. The van der Waals surface area contributed by atoms with E-state index in [0.717, 1.165) is 24.6 Å². The first kappa shape index (κ1) is 16.9. The van der Waals surface area contributed by atoms with Crippen LogP contribution in [0.5, 0.6) is 0 Å². The first-order chi connectivity index (χ1) is 8.63. The van der Waals surface area contributed by atoms with Crippen molar-refractivity contribution >= 4 is 17.7 Å². The summed E-state index contributed by atoms with van der Waals surface area (Å²) in [6, 6.07) is 0. The van der Waals surface area contributed by atoms with Crippen molar-refractivity contribution in [3.63, 3.8) is 0 Å². The number of unbranched alkanes of at least 4 members (excludes halogenated alkanes) is 5. The van der Waals surface area contributed by atoms with Crippen molar-refractivity contribution in [1.82, 2.24) is 0 Å². The molecule has 0 rings (SSSR count). The Hall–Kier alpha value is -1.15. The molecule has 0 amide bonds. The van der Waals surface area contributed by atoms with E-state index in [1.807, 2.05) is 5.40 Å². The van der Waals surface area contributed by atoms with Gasteiger partial charge in [-0.05, 0) is 25.1 Å². The number of thioether (sulfide) groups is 1. The molecule has 0 aliphatic heterocycles. The van der Waals surface area contributed by atoms with E-state index in [1.165, 1.54) is 25.7 Å². The summed E-state index contributed by atoms with van der Waals surface area (Å²) in [6.45, 7) is 4.16. The maximum atomic E-state index is 11.6. The van der Waals surface area contributed by atoms with Crippen LogP contribution in [0.2, 0.25) is 0 Å². The molecular weight excluding hydrogens is 248 g/mol. The summed E-state index contributed by atoms with van der Waals surface area (Å²) in [7, 11) is 0. The molecule has 4 nitrogen and oxygen atoms in total. The van der Waals surface area contributed by atoms with Gasteiger partial charge in [0.2, 0.25) is 0 Å². The highest BCUT2D eigenvalue weighted by molar-refractivity contribution is 8.08. The summed E-state index contributed by atoms with van der Waals surface area (Å²) in [5.41, 5.74) is 5.84. The van der Waals surface area contributed by atoms with Crippen molar-refractivity contribution in [3.05, 3.63) is 10.6 Å². The number of hydrogen-bond donors (Lipinski definition) is 1. The Morgan fingerprint density at radius 1 is 1.28 bits per heavy atom. The molecule has 0 unspecified atom stereocenters. The molecule has 0 aromatic heterocycles. The summed E-state index contributed by atoms with van der Waals surface area (Å²) in [5.74, 6) is -0.491. The van der Waals surface area contributed by atoms with Crippen molar-refractivity contribution in [2.24, 2.45) is 5.73 Å². The largest absolute Gasteiger partial charge is 0.462 e. The van der Waals surface area contributed by atoms with E-state index in [0.29, 0.717) is 12.3 Å². The van der Waals surface area contributed by atoms with Crippen molar-refractivity contribution in [2.45, 2.75) is 52.4 Å². The van der Waals surface area contributed by atoms with E-state index in [2.05, 4.69) is 6.92 Å². The standard InChI is InChI=1S/C13H22N2O2S/c1-3-4-5-6-7-8-9-17-13(16)12(11(2)15)18-10-14/h3-9,15H2,1-2H3. The van der Waals surface area contributed by atoms with Gasteiger partial charge in [0, 0.05) is 5.70 Å². The smallest absolute Gasteiger partial charge is 0.347 e. The zero-order valence-corrected chi connectivity index (χ0v) is 12.0. The van der Waals surface area contributed by atoms with Crippen LogP contribution < -0.4 is 5.73 Å². The van der Waals surface area contributed by atoms with Crippen LogP contribution in [0, 0.1) is 10.7 Å². The zero-order valence-electron chi connectivity index (χ0n) is 11.2. The van der Waals surface area contributed by atoms with Gasteiger partial charge in [-0.3, -0.25) is 0 Å². The van der Waals surface area contributed by atoms with Gasteiger partial charge in [0.05, 0.1) is 6.61 Å². The van der Waals surface area contributed by atoms with Gasteiger partial charge >= 0.3 is 5.97 Å². The predicted octanol–water partition coefficient (Wildman–Crippen LogP) is 3.29. The maximum absolute atomic E-state index is 11.6. The van der Waals surface area contributed by atoms with Gasteiger partial charge in [-0.15, -0.1) is 0 Å². The third-order valence-electron chi connectivity index (χ3n) is 2.42. The molecule has 0 spiro atoms. The van der Waals surface area contributed by atoms with Crippen LogP contribution >= 0.6 is 11.8 Å². The fourth-order valence-corrected chi connectivity index (χ4v) is 1.84. The van der Waals surface area contributed by atoms with Gasteiger partial charge in [0.25, 0.3) is 0 Å². The molecule has 0 aromatic rings. The first-order valence-electron chi connectivity index (χ1n) is 6.32. The number of nitrogens with zero attached hydrogens (tertiary/aromatic N) is 1. The summed E-state index contributed by atoms with van der Waals surface area (Å²) in [5, 5.41) is 10.4. The Morgan fingerprint density at radius 2 is 1.89 bits per heavy atom. The van der Waals surface area contributed by atoms with Crippen LogP contribution in [0.3, 0.4) is 0 Å². The predicted molar refractivity (Wildman–Crippen MR) is 74.4 cm³/mol. The Kier molecular flexibility index (Phi) is 10.3. The summed E-state index contributed by atoms with van der Waals surface area (Å²) in [6.07, 6.45) is 6.84. The fourth-order valence-electron chi connectivity index (χ4n) is 1.44. The number of nitriles is 1. The molecule has 0 bridgehead atoms. The van der Waals surface area contributed by atoms with Crippen LogP contribution in [-0.4, -0.2) is 12.6 Å². The second-order valence-corrected chi connectivity index (χ2v) is 4.90. The van der Waals surface area contributed by atoms with E-state index in [1.54, 1.807) is 6.92 Å². The Balaban J connectivity index is 3.77. The van der Waals surface area contributed by atoms with Crippen molar-refractivity contribution in [2.75, 3.05) is 6.61 Å². The average molecular weight is 270 g/mol. The third-order valence-corrected chi connectivity index (χ3v) is 3.21. The van der Waals surface area contributed by atoms with Gasteiger partial charge in [0.15, 0.2) is 0 Å². The monoisotopic (exact) mass is 270 g/mol. The van der Waals surface area contributed by atoms with Crippen molar-refractivity contribution in [1.29, 1.82) is 5.26 Å². The number of allylic oxidation sites excluding steroid dienone is 1. The summed E-state index contributed by atoms with van der Waals surface area (Å²) >= 11 is 0.753. The average Bonchev–Trinajstić information content (AvgIpc) is 2.34. The highest BCUT2D eigenvalue weighted by Gasteiger charge is 2.14. The fraction of sp³-hybridized carbons (Fsp3) is 0.692. The molecule has 0 aliphatic carbocycles. The van der Waals surface area contributed by atoms with E-state index in [-0.39, 0.29) is 4.91 Å². The number of esters is 1. The van der Waals surface area contributed by atoms with Gasteiger partial charge < -0.3 is 10.5 Å².